The van der Waals surface area contributed by atoms with Gasteiger partial charge in [-0.05, 0) is 54.9 Å². The highest BCUT2D eigenvalue weighted by Crippen LogP contribution is 2.36. The fraction of sp³-hybridized carbons (Fsp3) is 0.400. The van der Waals surface area contributed by atoms with E-state index in [4.69, 9.17) is 9.47 Å². The number of carbonyl (C=O) groups is 1. The summed E-state index contributed by atoms with van der Waals surface area (Å²) in [5, 5.41) is 1.10. The van der Waals surface area contributed by atoms with Gasteiger partial charge in [0.25, 0.3) is 5.91 Å². The molecule has 0 unspecified atom stereocenters. The second-order valence-corrected chi connectivity index (χ2v) is 7.89. The number of amides is 1. The minimum Gasteiger partial charge on any atom is -0.493 e. The highest BCUT2D eigenvalue weighted by atomic mass is 16.5. The number of nitrogens with one attached hydrogen (secondary N) is 1. The van der Waals surface area contributed by atoms with Gasteiger partial charge in [0.1, 0.15) is 0 Å². The van der Waals surface area contributed by atoms with Gasteiger partial charge in [-0.25, -0.2) is 0 Å². The molecule has 0 atom stereocenters. The van der Waals surface area contributed by atoms with Crippen molar-refractivity contribution >= 4 is 16.8 Å². The zero-order valence-electron chi connectivity index (χ0n) is 18.8. The van der Waals surface area contributed by atoms with Crippen LogP contribution in [0.4, 0.5) is 0 Å². The van der Waals surface area contributed by atoms with Gasteiger partial charge in [0.15, 0.2) is 11.5 Å². The van der Waals surface area contributed by atoms with Crippen molar-refractivity contribution < 1.29 is 14.3 Å². The molecule has 1 aromatic heterocycles. The van der Waals surface area contributed by atoms with E-state index >= 15 is 0 Å². The van der Waals surface area contributed by atoms with Crippen molar-refractivity contribution in [2.75, 3.05) is 46.9 Å². The van der Waals surface area contributed by atoms with Crippen molar-refractivity contribution in [3.63, 3.8) is 0 Å². The molecule has 3 aromatic rings. The number of fused-ring (bicyclic) bond motifs is 1. The molecule has 1 aliphatic heterocycles. The smallest absolute Gasteiger partial charge is 0.253 e. The summed E-state index contributed by atoms with van der Waals surface area (Å²) in [7, 11) is 3.28. The molecular weight excluding hydrogens is 390 g/mol. The zero-order chi connectivity index (χ0) is 22.0. The molecule has 6 nitrogen and oxygen atoms in total. The Labute approximate surface area is 183 Å². The first-order valence-corrected chi connectivity index (χ1v) is 11.0. The predicted octanol–water partition coefficient (Wildman–Crippen LogP) is 4.19. The highest BCUT2D eigenvalue weighted by molar-refractivity contribution is 6.00. The lowest BCUT2D eigenvalue weighted by Gasteiger charge is -2.34. The van der Waals surface area contributed by atoms with E-state index in [1.54, 1.807) is 14.2 Å². The number of ether oxygens (including phenoxy) is 2. The fourth-order valence-electron chi connectivity index (χ4n) is 4.44. The van der Waals surface area contributed by atoms with E-state index in [2.05, 4.69) is 23.7 Å². The second kappa shape index (κ2) is 9.02. The number of rotatable bonds is 6. The van der Waals surface area contributed by atoms with Gasteiger partial charge in [-0.3, -0.25) is 4.79 Å². The third kappa shape index (κ3) is 4.00. The van der Waals surface area contributed by atoms with Gasteiger partial charge in [0.2, 0.25) is 0 Å². The van der Waals surface area contributed by atoms with Crippen LogP contribution in [0, 0.1) is 0 Å². The van der Waals surface area contributed by atoms with Crippen LogP contribution in [-0.2, 0) is 6.42 Å². The largest absolute Gasteiger partial charge is 0.493 e. The number of piperazine rings is 1. The predicted molar refractivity (Wildman–Crippen MR) is 124 cm³/mol. The van der Waals surface area contributed by atoms with Crippen LogP contribution in [-0.4, -0.2) is 67.6 Å². The summed E-state index contributed by atoms with van der Waals surface area (Å²) in [4.78, 5) is 21.0. The van der Waals surface area contributed by atoms with E-state index in [9.17, 15) is 4.79 Å². The van der Waals surface area contributed by atoms with E-state index in [-0.39, 0.29) is 5.91 Å². The Hall–Kier alpha value is -2.99. The Morgan fingerprint density at radius 2 is 1.71 bits per heavy atom. The van der Waals surface area contributed by atoms with Crippen molar-refractivity contribution in [1.82, 2.24) is 14.8 Å². The number of hydrogen-bond donors (Lipinski definition) is 1. The molecule has 0 aliphatic carbocycles. The molecule has 1 amide bonds. The molecule has 1 fully saturated rings. The highest BCUT2D eigenvalue weighted by Gasteiger charge is 2.22. The van der Waals surface area contributed by atoms with Crippen molar-refractivity contribution in [3.8, 4) is 22.8 Å². The summed E-state index contributed by atoms with van der Waals surface area (Å²) < 4.78 is 10.9. The van der Waals surface area contributed by atoms with Crippen LogP contribution in [0.1, 0.15) is 29.8 Å². The van der Waals surface area contributed by atoms with E-state index in [1.807, 2.05) is 41.3 Å². The minimum atomic E-state index is 0.119. The Morgan fingerprint density at radius 1 is 0.968 bits per heavy atom. The van der Waals surface area contributed by atoms with Crippen LogP contribution >= 0.6 is 0 Å². The molecule has 1 aliphatic rings. The molecule has 0 bridgehead atoms. The summed E-state index contributed by atoms with van der Waals surface area (Å²) >= 11 is 0. The van der Waals surface area contributed by atoms with Crippen LogP contribution in [0.3, 0.4) is 0 Å². The maximum absolute atomic E-state index is 13.1. The number of aromatic amines is 1. The Balaban J connectivity index is 1.69. The van der Waals surface area contributed by atoms with Crippen LogP contribution in [0.5, 0.6) is 11.5 Å². The summed E-state index contributed by atoms with van der Waals surface area (Å²) in [5.41, 5.74) is 5.08. The Morgan fingerprint density at radius 3 is 2.35 bits per heavy atom. The number of nitrogens with zero attached hydrogens (tertiary/aromatic N) is 2. The molecule has 4 rings (SSSR count). The summed E-state index contributed by atoms with van der Waals surface area (Å²) in [6, 6.07) is 11.9. The quantitative estimate of drug-likeness (QED) is 0.648. The molecule has 2 heterocycles. The minimum absolute atomic E-state index is 0.119. The monoisotopic (exact) mass is 421 g/mol. The summed E-state index contributed by atoms with van der Waals surface area (Å²) in [5.74, 6) is 1.52. The van der Waals surface area contributed by atoms with E-state index < -0.39 is 0 Å². The van der Waals surface area contributed by atoms with Crippen LogP contribution in [0.25, 0.3) is 22.2 Å². The number of hydrogen-bond acceptors (Lipinski definition) is 4. The maximum Gasteiger partial charge on any atom is 0.253 e. The number of likely N-dealkylation sites (N-methyl/N-ethyl adjacent to an activating group) is 1. The molecule has 2 aromatic carbocycles. The number of methoxy groups -OCH3 is 2. The van der Waals surface area contributed by atoms with E-state index in [0.717, 1.165) is 66.9 Å². The van der Waals surface area contributed by atoms with Gasteiger partial charge in [0, 0.05) is 53.9 Å². The number of carbonyl (C=O) groups excluding carboxylic acids is 1. The Bertz CT molecular complexity index is 1080. The van der Waals surface area contributed by atoms with Crippen LogP contribution in [0.2, 0.25) is 0 Å². The Kier molecular flexibility index (Phi) is 6.18. The molecule has 31 heavy (non-hydrogen) atoms. The van der Waals surface area contributed by atoms with Gasteiger partial charge >= 0.3 is 0 Å². The molecule has 1 saturated heterocycles. The van der Waals surface area contributed by atoms with Gasteiger partial charge in [-0.1, -0.05) is 13.8 Å². The third-order valence-corrected chi connectivity index (χ3v) is 6.29. The SMILES string of the molecule is CCc1c(-c2ccc(OC)c(OC)c2)[nH]c2ccc(C(=O)N3CCN(CC)CC3)cc12. The normalized spacial score (nSPS) is 14.8. The molecule has 0 spiro atoms. The van der Waals surface area contributed by atoms with Gasteiger partial charge in [-0.15, -0.1) is 0 Å². The molecule has 164 valence electrons. The topological polar surface area (TPSA) is 57.8 Å². The number of benzene rings is 2. The standard InChI is InChI=1S/C25H31N3O3/c1-5-19-20-15-18(25(29)28-13-11-27(6-2)12-14-28)7-9-21(20)26-24(19)17-8-10-22(30-3)23(16-17)31-4/h7-10,15-16,26H,5-6,11-14H2,1-4H3. The van der Waals surface area contributed by atoms with Crippen molar-refractivity contribution in [1.29, 1.82) is 0 Å². The average Bonchev–Trinajstić information content (AvgIpc) is 3.20. The maximum atomic E-state index is 13.1. The van der Waals surface area contributed by atoms with E-state index in [1.165, 1.54) is 5.56 Å². The fourth-order valence-corrected chi connectivity index (χ4v) is 4.44. The third-order valence-electron chi connectivity index (χ3n) is 6.29. The first-order chi connectivity index (χ1) is 15.1. The van der Waals surface area contributed by atoms with Gasteiger partial charge in [-0.2, -0.15) is 0 Å². The molecule has 1 N–H and O–H groups in total. The van der Waals surface area contributed by atoms with Gasteiger partial charge < -0.3 is 24.3 Å². The van der Waals surface area contributed by atoms with Crippen LogP contribution < -0.4 is 9.47 Å². The first-order valence-electron chi connectivity index (χ1n) is 11.0. The van der Waals surface area contributed by atoms with E-state index in [0.29, 0.717) is 11.5 Å². The van der Waals surface area contributed by atoms with Crippen molar-refractivity contribution in [2.45, 2.75) is 20.3 Å². The van der Waals surface area contributed by atoms with Crippen LogP contribution in [0.15, 0.2) is 36.4 Å². The lowest BCUT2D eigenvalue weighted by molar-refractivity contribution is 0.0643. The number of aromatic nitrogens is 1. The number of H-pyrrole nitrogens is 1. The van der Waals surface area contributed by atoms with Gasteiger partial charge in [0.05, 0.1) is 14.2 Å². The van der Waals surface area contributed by atoms with Crippen molar-refractivity contribution in [2.24, 2.45) is 0 Å². The summed E-state index contributed by atoms with van der Waals surface area (Å²) in [6.45, 7) is 8.81. The molecule has 0 radical (unpaired) electrons. The zero-order valence-corrected chi connectivity index (χ0v) is 18.8. The average molecular weight is 422 g/mol. The molecule has 6 heteroatoms. The molecular formula is C25H31N3O3. The van der Waals surface area contributed by atoms with Crippen molar-refractivity contribution in [3.05, 3.63) is 47.5 Å². The first kappa shape index (κ1) is 21.2. The lowest BCUT2D eigenvalue weighted by Crippen LogP contribution is -2.48. The molecule has 0 saturated carbocycles. The summed E-state index contributed by atoms with van der Waals surface area (Å²) in [6.07, 6.45) is 0.858. The second-order valence-electron chi connectivity index (χ2n) is 7.89. The number of aryl methyl sites for hydroxylation is 1. The lowest BCUT2D eigenvalue weighted by atomic mass is 10.0.